The van der Waals surface area contributed by atoms with Crippen molar-refractivity contribution >= 4 is 23.2 Å². The molecule has 112 valence electrons. The van der Waals surface area contributed by atoms with Gasteiger partial charge in [-0.15, -0.1) is 0 Å². The molecule has 2 N–H and O–H groups in total. The molecular weight excluding hydrogens is 285 g/mol. The van der Waals surface area contributed by atoms with Crippen molar-refractivity contribution in [3.8, 4) is 0 Å². The van der Waals surface area contributed by atoms with Crippen molar-refractivity contribution in [2.45, 2.75) is 19.3 Å². The van der Waals surface area contributed by atoms with Crippen LogP contribution in [0.2, 0.25) is 0 Å². The van der Waals surface area contributed by atoms with Gasteiger partial charge in [0.2, 0.25) is 5.91 Å². The summed E-state index contributed by atoms with van der Waals surface area (Å²) in [5, 5.41) is 5.39. The summed E-state index contributed by atoms with van der Waals surface area (Å²) in [6.07, 6.45) is 2.34. The van der Waals surface area contributed by atoms with Crippen LogP contribution in [-0.4, -0.2) is 16.8 Å². The Morgan fingerprint density at radius 2 is 2.09 bits per heavy atom. The van der Waals surface area contributed by atoms with Crippen LogP contribution in [0.1, 0.15) is 29.8 Å². The molecule has 2 aromatic rings. The van der Waals surface area contributed by atoms with E-state index in [1.165, 1.54) is 12.3 Å². The third kappa shape index (κ3) is 2.22. The molecular formula is C16H14FN3O2. The van der Waals surface area contributed by atoms with Gasteiger partial charge < -0.3 is 10.6 Å². The van der Waals surface area contributed by atoms with Gasteiger partial charge in [-0.2, -0.15) is 0 Å². The number of hydrogen-bond acceptors (Lipinski definition) is 3. The summed E-state index contributed by atoms with van der Waals surface area (Å²) in [5.74, 6) is -1.34. The standard InChI is InChI=1S/C16H14FN3O2/c1-16(2)11-4-3-9(7-13(11)20-15(16)22)19-14(21)10-5-6-18-8-12(10)17/h3-8H,1-2H3,(H,19,21)(H,20,22). The van der Waals surface area contributed by atoms with Crippen molar-refractivity contribution < 1.29 is 14.0 Å². The number of rotatable bonds is 2. The van der Waals surface area contributed by atoms with Crippen LogP contribution >= 0.6 is 0 Å². The van der Waals surface area contributed by atoms with Crippen molar-refractivity contribution in [1.82, 2.24) is 4.98 Å². The fourth-order valence-corrected chi connectivity index (χ4v) is 2.43. The van der Waals surface area contributed by atoms with E-state index in [4.69, 9.17) is 0 Å². The summed E-state index contributed by atoms with van der Waals surface area (Å²) in [5.41, 5.74) is 1.32. The van der Waals surface area contributed by atoms with Gasteiger partial charge in [-0.05, 0) is 37.6 Å². The van der Waals surface area contributed by atoms with Crippen LogP contribution in [0.25, 0.3) is 0 Å². The highest BCUT2D eigenvalue weighted by Crippen LogP contribution is 2.38. The molecule has 0 bridgehead atoms. The molecule has 0 aliphatic carbocycles. The van der Waals surface area contributed by atoms with Gasteiger partial charge in [0.1, 0.15) is 0 Å². The zero-order valence-corrected chi connectivity index (χ0v) is 12.1. The number of nitrogens with one attached hydrogen (secondary N) is 2. The number of carbonyl (C=O) groups excluding carboxylic acids is 2. The lowest BCUT2D eigenvalue weighted by atomic mass is 9.86. The number of fused-ring (bicyclic) bond motifs is 1. The fraction of sp³-hybridized carbons (Fsp3) is 0.188. The topological polar surface area (TPSA) is 71.1 Å². The van der Waals surface area contributed by atoms with Crippen LogP contribution in [0.5, 0.6) is 0 Å². The number of pyridine rings is 1. The van der Waals surface area contributed by atoms with Crippen LogP contribution in [0.3, 0.4) is 0 Å². The molecule has 0 saturated heterocycles. The number of halogens is 1. The minimum absolute atomic E-state index is 0.0835. The SMILES string of the molecule is CC1(C)C(=O)Nc2cc(NC(=O)c3ccncc3F)ccc21. The largest absolute Gasteiger partial charge is 0.325 e. The van der Waals surface area contributed by atoms with E-state index in [2.05, 4.69) is 15.6 Å². The summed E-state index contributed by atoms with van der Waals surface area (Å²) in [6.45, 7) is 3.66. The van der Waals surface area contributed by atoms with Gasteiger partial charge in [0.15, 0.2) is 5.82 Å². The molecule has 0 saturated carbocycles. The average molecular weight is 299 g/mol. The average Bonchev–Trinajstić information content (AvgIpc) is 2.69. The second-order valence-electron chi connectivity index (χ2n) is 5.65. The van der Waals surface area contributed by atoms with Gasteiger partial charge in [0.25, 0.3) is 5.91 Å². The maximum atomic E-state index is 13.5. The van der Waals surface area contributed by atoms with Crippen molar-refractivity contribution in [2.75, 3.05) is 10.6 Å². The van der Waals surface area contributed by atoms with E-state index in [9.17, 15) is 14.0 Å². The highest BCUT2D eigenvalue weighted by Gasteiger charge is 2.38. The van der Waals surface area contributed by atoms with Crippen LogP contribution < -0.4 is 10.6 Å². The number of anilines is 2. The van der Waals surface area contributed by atoms with E-state index in [0.717, 1.165) is 11.8 Å². The summed E-state index contributed by atoms with van der Waals surface area (Å²) >= 11 is 0. The third-order valence-electron chi connectivity index (χ3n) is 3.78. The van der Waals surface area contributed by atoms with Gasteiger partial charge in [0.05, 0.1) is 17.2 Å². The lowest BCUT2D eigenvalue weighted by Crippen LogP contribution is -2.26. The molecule has 1 aromatic carbocycles. The molecule has 0 atom stereocenters. The van der Waals surface area contributed by atoms with E-state index < -0.39 is 17.1 Å². The number of carbonyl (C=O) groups is 2. The molecule has 1 aliphatic rings. The quantitative estimate of drug-likeness (QED) is 0.895. The first-order valence-electron chi connectivity index (χ1n) is 6.76. The zero-order chi connectivity index (χ0) is 15.9. The summed E-state index contributed by atoms with van der Waals surface area (Å²) in [6, 6.07) is 6.45. The zero-order valence-electron chi connectivity index (χ0n) is 12.1. The third-order valence-corrected chi connectivity index (χ3v) is 3.78. The summed E-state index contributed by atoms with van der Waals surface area (Å²) in [7, 11) is 0. The number of aromatic nitrogens is 1. The van der Waals surface area contributed by atoms with Crippen LogP contribution in [0.4, 0.5) is 15.8 Å². The Balaban J connectivity index is 1.87. The molecule has 3 rings (SSSR count). The predicted octanol–water partition coefficient (Wildman–Crippen LogP) is 2.70. The van der Waals surface area contributed by atoms with Gasteiger partial charge in [-0.1, -0.05) is 6.07 Å². The molecule has 0 fully saturated rings. The van der Waals surface area contributed by atoms with E-state index in [0.29, 0.717) is 11.4 Å². The van der Waals surface area contributed by atoms with E-state index in [1.54, 1.807) is 18.2 Å². The number of hydrogen-bond donors (Lipinski definition) is 2. The van der Waals surface area contributed by atoms with E-state index in [1.807, 2.05) is 13.8 Å². The predicted molar refractivity (Wildman–Crippen MR) is 80.2 cm³/mol. The number of amides is 2. The van der Waals surface area contributed by atoms with Crippen LogP contribution in [-0.2, 0) is 10.2 Å². The minimum atomic E-state index is -0.685. The van der Waals surface area contributed by atoms with E-state index >= 15 is 0 Å². The smallest absolute Gasteiger partial charge is 0.258 e. The highest BCUT2D eigenvalue weighted by molar-refractivity contribution is 6.08. The normalized spacial score (nSPS) is 15.1. The summed E-state index contributed by atoms with van der Waals surface area (Å²) in [4.78, 5) is 27.6. The molecule has 1 aliphatic heterocycles. The maximum absolute atomic E-state index is 13.5. The van der Waals surface area contributed by atoms with Crippen LogP contribution in [0, 0.1) is 5.82 Å². The number of nitrogens with zero attached hydrogens (tertiary/aromatic N) is 1. The molecule has 0 radical (unpaired) electrons. The molecule has 0 unspecified atom stereocenters. The summed E-state index contributed by atoms with van der Waals surface area (Å²) < 4.78 is 13.5. The maximum Gasteiger partial charge on any atom is 0.258 e. The van der Waals surface area contributed by atoms with E-state index in [-0.39, 0.29) is 11.5 Å². The monoisotopic (exact) mass is 299 g/mol. The number of benzene rings is 1. The molecule has 0 spiro atoms. The Labute approximate surface area is 126 Å². The highest BCUT2D eigenvalue weighted by atomic mass is 19.1. The molecule has 2 heterocycles. The Morgan fingerprint density at radius 3 is 2.82 bits per heavy atom. The van der Waals surface area contributed by atoms with Crippen molar-refractivity contribution in [1.29, 1.82) is 0 Å². The van der Waals surface area contributed by atoms with Crippen molar-refractivity contribution in [3.05, 3.63) is 53.6 Å². The molecule has 2 amide bonds. The molecule has 6 heteroatoms. The Bertz CT molecular complexity index is 787. The second kappa shape index (κ2) is 4.91. The van der Waals surface area contributed by atoms with Gasteiger partial charge >= 0.3 is 0 Å². The van der Waals surface area contributed by atoms with Gasteiger partial charge in [-0.25, -0.2) is 4.39 Å². The van der Waals surface area contributed by atoms with Crippen molar-refractivity contribution in [3.63, 3.8) is 0 Å². The lowest BCUT2D eigenvalue weighted by molar-refractivity contribution is -0.119. The lowest BCUT2D eigenvalue weighted by Gasteiger charge is -2.15. The Morgan fingerprint density at radius 1 is 1.32 bits per heavy atom. The molecule has 22 heavy (non-hydrogen) atoms. The van der Waals surface area contributed by atoms with Gasteiger partial charge in [0, 0.05) is 17.6 Å². The molecule has 1 aromatic heterocycles. The first-order chi connectivity index (χ1) is 10.4. The first kappa shape index (κ1) is 14.2. The van der Waals surface area contributed by atoms with Crippen LogP contribution in [0.15, 0.2) is 36.7 Å². The Hall–Kier alpha value is -2.76. The first-order valence-corrected chi connectivity index (χ1v) is 6.76. The van der Waals surface area contributed by atoms with Gasteiger partial charge in [-0.3, -0.25) is 14.6 Å². The fourth-order valence-electron chi connectivity index (χ4n) is 2.43. The van der Waals surface area contributed by atoms with Crippen molar-refractivity contribution in [2.24, 2.45) is 0 Å². The molecule has 5 nitrogen and oxygen atoms in total. The minimum Gasteiger partial charge on any atom is -0.325 e. The second-order valence-corrected chi connectivity index (χ2v) is 5.65. The Kier molecular flexibility index (Phi) is 3.16.